The molecule has 10 heteroatoms. The highest BCUT2D eigenvalue weighted by Crippen LogP contribution is 2.26. The van der Waals surface area contributed by atoms with Gasteiger partial charge in [-0.1, -0.05) is 11.6 Å². The number of hydrogen-bond acceptors (Lipinski definition) is 5. The zero-order valence-electron chi connectivity index (χ0n) is 10.9. The van der Waals surface area contributed by atoms with Crippen molar-refractivity contribution in [2.24, 2.45) is 0 Å². The summed E-state index contributed by atoms with van der Waals surface area (Å²) in [5.41, 5.74) is 0.502. The van der Waals surface area contributed by atoms with E-state index in [1.807, 2.05) is 0 Å². The van der Waals surface area contributed by atoms with Gasteiger partial charge in [0.15, 0.2) is 0 Å². The summed E-state index contributed by atoms with van der Waals surface area (Å²) in [4.78, 5) is 22.0. The highest BCUT2D eigenvalue weighted by molar-refractivity contribution is 8.00. The summed E-state index contributed by atoms with van der Waals surface area (Å²) < 4.78 is 24.5. The van der Waals surface area contributed by atoms with Crippen LogP contribution in [0.15, 0.2) is 18.2 Å². The molecule has 0 atom stereocenters. The minimum absolute atomic E-state index is 0.0492. The van der Waals surface area contributed by atoms with Crippen LogP contribution in [0.2, 0.25) is 5.02 Å². The molecule has 21 heavy (non-hydrogen) atoms. The number of rotatable bonds is 7. The summed E-state index contributed by atoms with van der Waals surface area (Å²) in [5, 5.41) is 11.2. The number of carbonyl (C=O) groups excluding carboxylic acids is 1. The third-order valence-corrected chi connectivity index (χ3v) is 3.86. The Hall–Kier alpha value is -1.45. The van der Waals surface area contributed by atoms with Crippen molar-refractivity contribution in [3.8, 4) is 0 Å². The van der Waals surface area contributed by atoms with Crippen LogP contribution in [0.25, 0.3) is 0 Å². The van der Waals surface area contributed by atoms with Gasteiger partial charge in [0.1, 0.15) is 0 Å². The highest BCUT2D eigenvalue weighted by atomic mass is 35.5. The Bertz CT molecular complexity index is 648. The van der Waals surface area contributed by atoms with E-state index >= 15 is 0 Å². The number of sulfonamides is 1. The number of carboxylic acid groups (broad SMARTS) is 1. The molecule has 1 amide bonds. The molecule has 0 fully saturated rings. The van der Waals surface area contributed by atoms with E-state index in [2.05, 4.69) is 10.0 Å². The maximum Gasteiger partial charge on any atom is 0.313 e. The topological polar surface area (TPSA) is 113 Å². The summed E-state index contributed by atoms with van der Waals surface area (Å²) >= 11 is 6.85. The largest absolute Gasteiger partial charge is 0.481 e. The maximum atomic E-state index is 11.6. The van der Waals surface area contributed by atoms with Gasteiger partial charge >= 0.3 is 5.97 Å². The summed E-state index contributed by atoms with van der Waals surface area (Å²) in [6.45, 7) is 0. The van der Waals surface area contributed by atoms with Crippen LogP contribution in [0, 0.1) is 0 Å². The van der Waals surface area contributed by atoms with Gasteiger partial charge in [-0.25, -0.2) is 8.42 Å². The fourth-order valence-electron chi connectivity index (χ4n) is 1.32. The number of benzene rings is 1. The number of amides is 1. The molecule has 7 nitrogen and oxygen atoms in total. The number of aliphatic carboxylic acids is 1. The van der Waals surface area contributed by atoms with Gasteiger partial charge in [-0.05, 0) is 18.2 Å². The fraction of sp³-hybridized carbons (Fsp3) is 0.273. The Kier molecular flexibility index (Phi) is 6.31. The van der Waals surface area contributed by atoms with E-state index in [1.165, 1.54) is 18.2 Å². The average molecular weight is 353 g/mol. The van der Waals surface area contributed by atoms with E-state index in [4.69, 9.17) is 16.7 Å². The first kappa shape index (κ1) is 17.6. The molecule has 0 bridgehead atoms. The molecule has 0 aliphatic carbocycles. The lowest BCUT2D eigenvalue weighted by atomic mass is 10.3. The smallest absolute Gasteiger partial charge is 0.313 e. The van der Waals surface area contributed by atoms with Gasteiger partial charge < -0.3 is 10.4 Å². The Morgan fingerprint density at radius 2 is 2.00 bits per heavy atom. The fourth-order valence-corrected chi connectivity index (χ4v) is 2.57. The number of halogens is 1. The van der Waals surface area contributed by atoms with Crippen molar-refractivity contribution in [3.63, 3.8) is 0 Å². The monoisotopic (exact) mass is 352 g/mol. The van der Waals surface area contributed by atoms with Gasteiger partial charge in [0.2, 0.25) is 15.9 Å². The molecule has 0 saturated heterocycles. The van der Waals surface area contributed by atoms with Crippen molar-refractivity contribution >= 4 is 56.6 Å². The minimum atomic E-state index is -3.43. The van der Waals surface area contributed by atoms with Crippen molar-refractivity contribution in [1.82, 2.24) is 0 Å². The lowest BCUT2D eigenvalue weighted by Crippen LogP contribution is -2.16. The number of nitrogens with one attached hydrogen (secondary N) is 2. The van der Waals surface area contributed by atoms with Crippen LogP contribution >= 0.6 is 23.4 Å². The third kappa shape index (κ3) is 7.21. The van der Waals surface area contributed by atoms with Crippen molar-refractivity contribution in [1.29, 1.82) is 0 Å². The normalized spacial score (nSPS) is 11.0. The van der Waals surface area contributed by atoms with Crippen LogP contribution < -0.4 is 10.0 Å². The predicted molar refractivity (Wildman–Crippen MR) is 83.5 cm³/mol. The van der Waals surface area contributed by atoms with Gasteiger partial charge in [-0.15, -0.1) is 11.8 Å². The minimum Gasteiger partial charge on any atom is -0.481 e. The van der Waals surface area contributed by atoms with Crippen LogP contribution in [0.4, 0.5) is 11.4 Å². The molecule has 0 heterocycles. The van der Waals surface area contributed by atoms with E-state index in [0.717, 1.165) is 18.0 Å². The average Bonchev–Trinajstić information content (AvgIpc) is 2.31. The molecule has 0 spiro atoms. The Labute approximate surface area is 131 Å². The SMILES string of the molecule is CS(=O)(=O)Nc1ccc(Cl)c(NC(=O)CSCC(=O)O)c1. The second kappa shape index (κ2) is 7.53. The molecule has 1 aromatic rings. The molecule has 3 N–H and O–H groups in total. The Morgan fingerprint density at radius 1 is 1.33 bits per heavy atom. The molecular formula is C11H13ClN2O5S2. The van der Waals surface area contributed by atoms with Gasteiger partial charge in [0, 0.05) is 0 Å². The molecule has 1 aromatic carbocycles. The van der Waals surface area contributed by atoms with Crippen LogP contribution in [0.5, 0.6) is 0 Å². The van der Waals surface area contributed by atoms with Crippen molar-refractivity contribution in [2.45, 2.75) is 0 Å². The Morgan fingerprint density at radius 3 is 2.57 bits per heavy atom. The van der Waals surface area contributed by atoms with Gasteiger partial charge in [-0.3, -0.25) is 14.3 Å². The number of anilines is 2. The lowest BCUT2D eigenvalue weighted by molar-refractivity contribution is -0.133. The second-order valence-electron chi connectivity index (χ2n) is 4.00. The molecular weight excluding hydrogens is 340 g/mol. The van der Waals surface area contributed by atoms with Gasteiger partial charge in [-0.2, -0.15) is 0 Å². The summed E-state index contributed by atoms with van der Waals surface area (Å²) in [7, 11) is -3.43. The zero-order valence-corrected chi connectivity index (χ0v) is 13.3. The quantitative estimate of drug-likeness (QED) is 0.685. The first-order chi connectivity index (χ1) is 9.67. The first-order valence-corrected chi connectivity index (χ1v) is 8.96. The van der Waals surface area contributed by atoms with Crippen LogP contribution in [-0.4, -0.2) is 43.2 Å². The van der Waals surface area contributed by atoms with Crippen molar-refractivity contribution in [2.75, 3.05) is 27.8 Å². The molecule has 0 saturated carbocycles. The van der Waals surface area contributed by atoms with Crippen LogP contribution in [0.1, 0.15) is 0 Å². The van der Waals surface area contributed by atoms with Crippen molar-refractivity contribution in [3.05, 3.63) is 23.2 Å². The summed E-state index contributed by atoms with van der Waals surface area (Å²) in [5.74, 6) is -1.67. The highest BCUT2D eigenvalue weighted by Gasteiger charge is 2.10. The summed E-state index contributed by atoms with van der Waals surface area (Å²) in [6, 6.07) is 4.27. The maximum absolute atomic E-state index is 11.6. The third-order valence-electron chi connectivity index (χ3n) is 2.00. The molecule has 0 aromatic heterocycles. The standard InChI is InChI=1S/C11H13ClN2O5S2/c1-21(18,19)14-7-2-3-8(12)9(4-7)13-10(15)5-20-6-11(16)17/h2-4,14H,5-6H2,1H3,(H,13,15)(H,16,17). The summed E-state index contributed by atoms with van der Waals surface area (Å²) in [6.07, 6.45) is 1.00. The number of hydrogen-bond donors (Lipinski definition) is 3. The molecule has 0 radical (unpaired) electrons. The molecule has 1 rings (SSSR count). The van der Waals surface area contributed by atoms with Gasteiger partial charge in [0.05, 0.1) is 34.2 Å². The van der Waals surface area contributed by atoms with Crippen molar-refractivity contribution < 1.29 is 23.1 Å². The van der Waals surface area contributed by atoms with Gasteiger partial charge in [0.25, 0.3) is 0 Å². The second-order valence-corrected chi connectivity index (χ2v) is 7.14. The molecule has 116 valence electrons. The zero-order chi connectivity index (χ0) is 16.0. The van der Waals surface area contributed by atoms with Crippen LogP contribution in [-0.2, 0) is 19.6 Å². The lowest BCUT2D eigenvalue weighted by Gasteiger charge is -2.10. The van der Waals surface area contributed by atoms with E-state index < -0.39 is 21.9 Å². The Balaban J connectivity index is 2.71. The molecule has 0 unspecified atom stereocenters. The van der Waals surface area contributed by atoms with E-state index in [1.54, 1.807) is 0 Å². The van der Waals surface area contributed by atoms with E-state index in [-0.39, 0.29) is 27.9 Å². The van der Waals surface area contributed by atoms with Crippen LogP contribution in [0.3, 0.4) is 0 Å². The first-order valence-electron chi connectivity index (χ1n) is 5.54. The molecule has 0 aliphatic rings. The molecule has 0 aliphatic heterocycles. The predicted octanol–water partition coefficient (Wildman–Crippen LogP) is 1.47. The number of carbonyl (C=O) groups is 2. The number of carboxylic acids is 1. The number of thioether (sulfide) groups is 1. The van der Waals surface area contributed by atoms with E-state index in [0.29, 0.717) is 0 Å². The van der Waals surface area contributed by atoms with E-state index in [9.17, 15) is 18.0 Å².